The van der Waals surface area contributed by atoms with Gasteiger partial charge in [-0.15, -0.1) is 0 Å². The highest BCUT2D eigenvalue weighted by molar-refractivity contribution is 5.79. The maximum atomic E-state index is 10.9. The summed E-state index contributed by atoms with van der Waals surface area (Å²) in [5.74, 6) is 0.461. The molecule has 0 radical (unpaired) electrons. The van der Waals surface area contributed by atoms with E-state index in [-0.39, 0.29) is 11.9 Å². The van der Waals surface area contributed by atoms with Crippen LogP contribution in [0.1, 0.15) is 19.8 Å². The van der Waals surface area contributed by atoms with Crippen LogP contribution in [0.2, 0.25) is 0 Å². The number of hydrogen-bond acceptors (Lipinski definition) is 2. The SMILES string of the molecule is C[C@@H]1CCN(C)C(C(N)=O)C1. The first-order valence-electron chi connectivity index (χ1n) is 4.11. The fourth-order valence-corrected chi connectivity index (χ4v) is 1.59. The first kappa shape index (κ1) is 8.53. The Morgan fingerprint density at radius 3 is 2.73 bits per heavy atom. The van der Waals surface area contributed by atoms with Crippen molar-refractivity contribution in [1.82, 2.24) is 4.90 Å². The van der Waals surface area contributed by atoms with Gasteiger partial charge in [0, 0.05) is 0 Å². The van der Waals surface area contributed by atoms with E-state index in [9.17, 15) is 4.79 Å². The van der Waals surface area contributed by atoms with Gasteiger partial charge in [0.05, 0.1) is 6.04 Å². The van der Waals surface area contributed by atoms with E-state index in [1.165, 1.54) is 6.42 Å². The second kappa shape index (κ2) is 3.22. The number of carbonyl (C=O) groups is 1. The predicted molar refractivity (Wildman–Crippen MR) is 44.0 cm³/mol. The maximum absolute atomic E-state index is 10.9. The maximum Gasteiger partial charge on any atom is 0.234 e. The molecule has 0 aromatic heterocycles. The molecule has 0 aromatic carbocycles. The lowest BCUT2D eigenvalue weighted by atomic mass is 9.93. The van der Waals surface area contributed by atoms with Crippen LogP contribution in [0.15, 0.2) is 0 Å². The zero-order valence-corrected chi connectivity index (χ0v) is 7.21. The topological polar surface area (TPSA) is 46.3 Å². The summed E-state index contributed by atoms with van der Waals surface area (Å²) in [6, 6.07) is -0.0289. The summed E-state index contributed by atoms with van der Waals surface area (Å²) in [5, 5.41) is 0. The first-order valence-corrected chi connectivity index (χ1v) is 4.11. The molecule has 2 atom stereocenters. The molecule has 11 heavy (non-hydrogen) atoms. The third kappa shape index (κ3) is 1.93. The summed E-state index contributed by atoms with van der Waals surface area (Å²) in [4.78, 5) is 12.9. The van der Waals surface area contributed by atoms with Crippen LogP contribution in [-0.4, -0.2) is 30.4 Å². The normalized spacial score (nSPS) is 33.6. The number of likely N-dealkylation sites (N-methyl/N-ethyl adjacent to an activating group) is 1. The Morgan fingerprint density at radius 1 is 1.64 bits per heavy atom. The molecule has 64 valence electrons. The number of nitrogens with two attached hydrogens (primary N) is 1. The molecule has 3 nitrogen and oxygen atoms in total. The third-order valence-electron chi connectivity index (χ3n) is 2.46. The van der Waals surface area contributed by atoms with Gasteiger partial charge in [0.15, 0.2) is 0 Å². The Labute approximate surface area is 67.5 Å². The molecule has 0 aromatic rings. The molecule has 1 fully saturated rings. The average Bonchev–Trinajstić information content (AvgIpc) is 1.94. The molecule has 2 N–H and O–H groups in total. The van der Waals surface area contributed by atoms with Crippen LogP contribution in [0, 0.1) is 5.92 Å². The second-order valence-corrected chi connectivity index (χ2v) is 3.53. The van der Waals surface area contributed by atoms with E-state index in [0.29, 0.717) is 5.92 Å². The molecule has 0 bridgehead atoms. The highest BCUT2D eigenvalue weighted by Gasteiger charge is 2.27. The van der Waals surface area contributed by atoms with Gasteiger partial charge in [0.25, 0.3) is 0 Å². The first-order chi connectivity index (χ1) is 5.11. The van der Waals surface area contributed by atoms with E-state index >= 15 is 0 Å². The van der Waals surface area contributed by atoms with E-state index in [1.54, 1.807) is 0 Å². The summed E-state index contributed by atoms with van der Waals surface area (Å²) in [5.41, 5.74) is 5.24. The van der Waals surface area contributed by atoms with Crippen LogP contribution < -0.4 is 5.73 Å². The van der Waals surface area contributed by atoms with E-state index < -0.39 is 0 Å². The van der Waals surface area contributed by atoms with Crippen LogP contribution >= 0.6 is 0 Å². The summed E-state index contributed by atoms with van der Waals surface area (Å²) in [7, 11) is 1.96. The van der Waals surface area contributed by atoms with Crippen molar-refractivity contribution in [2.45, 2.75) is 25.8 Å². The van der Waals surface area contributed by atoms with Crippen molar-refractivity contribution in [1.29, 1.82) is 0 Å². The Hall–Kier alpha value is -0.570. The second-order valence-electron chi connectivity index (χ2n) is 3.53. The minimum absolute atomic E-state index is 0.0289. The lowest BCUT2D eigenvalue weighted by Crippen LogP contribution is -2.47. The fourth-order valence-electron chi connectivity index (χ4n) is 1.59. The largest absolute Gasteiger partial charge is 0.368 e. The standard InChI is InChI=1S/C8H16N2O/c1-6-3-4-10(2)7(5-6)8(9)11/h6-7H,3-5H2,1-2H3,(H2,9,11)/t6-,7?/m1/s1. The molecular formula is C8H16N2O. The molecule has 1 saturated heterocycles. The zero-order chi connectivity index (χ0) is 8.43. The van der Waals surface area contributed by atoms with E-state index in [4.69, 9.17) is 5.73 Å². The van der Waals surface area contributed by atoms with Crippen LogP contribution in [0.25, 0.3) is 0 Å². The van der Waals surface area contributed by atoms with Crippen molar-refractivity contribution in [2.75, 3.05) is 13.6 Å². The van der Waals surface area contributed by atoms with Crippen LogP contribution in [-0.2, 0) is 4.79 Å². The number of nitrogens with zero attached hydrogens (tertiary/aromatic N) is 1. The van der Waals surface area contributed by atoms with E-state index in [1.807, 2.05) is 11.9 Å². The van der Waals surface area contributed by atoms with Gasteiger partial charge in [0.1, 0.15) is 0 Å². The van der Waals surface area contributed by atoms with E-state index in [2.05, 4.69) is 6.92 Å². The van der Waals surface area contributed by atoms with Gasteiger partial charge in [-0.1, -0.05) is 6.92 Å². The Morgan fingerprint density at radius 2 is 2.27 bits per heavy atom. The lowest BCUT2D eigenvalue weighted by molar-refractivity contribution is -0.124. The minimum Gasteiger partial charge on any atom is -0.368 e. The number of amides is 1. The molecule has 1 aliphatic rings. The monoisotopic (exact) mass is 156 g/mol. The van der Waals surface area contributed by atoms with Crippen molar-refractivity contribution in [3.05, 3.63) is 0 Å². The van der Waals surface area contributed by atoms with Crippen molar-refractivity contribution in [2.24, 2.45) is 11.7 Å². The van der Waals surface area contributed by atoms with Gasteiger partial charge >= 0.3 is 0 Å². The van der Waals surface area contributed by atoms with Crippen molar-refractivity contribution in [3.8, 4) is 0 Å². The Bertz CT molecular complexity index is 158. The summed E-state index contributed by atoms with van der Waals surface area (Å²) in [6.07, 6.45) is 2.10. The number of carbonyl (C=O) groups excluding carboxylic acids is 1. The Kier molecular flexibility index (Phi) is 2.49. The van der Waals surface area contributed by atoms with Crippen molar-refractivity contribution < 1.29 is 4.79 Å². The van der Waals surface area contributed by atoms with Gasteiger partial charge in [-0.3, -0.25) is 9.69 Å². The third-order valence-corrected chi connectivity index (χ3v) is 2.46. The molecule has 1 amide bonds. The Balaban J connectivity index is 2.54. The van der Waals surface area contributed by atoms with Gasteiger partial charge < -0.3 is 5.73 Å². The summed E-state index contributed by atoms with van der Waals surface area (Å²) in [6.45, 7) is 3.16. The van der Waals surface area contributed by atoms with Crippen LogP contribution in [0.4, 0.5) is 0 Å². The molecular weight excluding hydrogens is 140 g/mol. The molecule has 1 unspecified atom stereocenters. The van der Waals surface area contributed by atoms with Crippen LogP contribution in [0.5, 0.6) is 0 Å². The van der Waals surface area contributed by atoms with Crippen molar-refractivity contribution in [3.63, 3.8) is 0 Å². The van der Waals surface area contributed by atoms with Crippen molar-refractivity contribution >= 4 is 5.91 Å². The predicted octanol–water partition coefficient (Wildman–Crippen LogP) is 0.202. The molecule has 0 saturated carbocycles. The van der Waals surface area contributed by atoms with Gasteiger partial charge in [-0.25, -0.2) is 0 Å². The van der Waals surface area contributed by atoms with Gasteiger partial charge in [-0.2, -0.15) is 0 Å². The average molecular weight is 156 g/mol. The molecule has 0 aliphatic carbocycles. The molecule has 1 aliphatic heterocycles. The van der Waals surface area contributed by atoms with Crippen LogP contribution in [0.3, 0.4) is 0 Å². The number of rotatable bonds is 1. The summed E-state index contributed by atoms with van der Waals surface area (Å²) < 4.78 is 0. The zero-order valence-electron chi connectivity index (χ0n) is 7.21. The number of piperidine rings is 1. The smallest absolute Gasteiger partial charge is 0.234 e. The molecule has 3 heteroatoms. The van der Waals surface area contributed by atoms with E-state index in [0.717, 1.165) is 13.0 Å². The van der Waals surface area contributed by atoms with Gasteiger partial charge in [-0.05, 0) is 32.4 Å². The lowest BCUT2D eigenvalue weighted by Gasteiger charge is -2.33. The highest BCUT2D eigenvalue weighted by atomic mass is 16.1. The van der Waals surface area contributed by atoms with Gasteiger partial charge in [0.2, 0.25) is 5.91 Å². The number of hydrogen-bond donors (Lipinski definition) is 1. The fraction of sp³-hybridized carbons (Fsp3) is 0.875. The summed E-state index contributed by atoms with van der Waals surface area (Å²) >= 11 is 0. The molecule has 1 heterocycles. The number of primary amides is 1. The highest BCUT2D eigenvalue weighted by Crippen LogP contribution is 2.20. The minimum atomic E-state index is -0.181. The quantitative estimate of drug-likeness (QED) is 0.589. The number of likely N-dealkylation sites (tertiary alicyclic amines) is 1. The molecule has 1 rings (SSSR count). The molecule has 0 spiro atoms.